The van der Waals surface area contributed by atoms with E-state index in [0.717, 1.165) is 48.2 Å². The zero-order chi connectivity index (χ0) is 24.7. The third-order valence-corrected chi connectivity index (χ3v) is 6.07. The smallest absolute Gasteiger partial charge is 0.416 e. The number of carbonyl (C=O) groups is 1. The Morgan fingerprint density at radius 1 is 1.15 bits per heavy atom. The molecular weight excluding hydrogens is 447 g/mol. The summed E-state index contributed by atoms with van der Waals surface area (Å²) in [6.45, 7) is 3.66. The number of carboxylic acid groups (broad SMARTS) is 1. The lowest BCUT2D eigenvalue weighted by Crippen LogP contribution is -2.26. The molecule has 1 unspecified atom stereocenters. The lowest BCUT2D eigenvalue weighted by atomic mass is 9.95. The summed E-state index contributed by atoms with van der Waals surface area (Å²) in [5.74, 6) is -0.00356. The predicted molar refractivity (Wildman–Crippen MR) is 123 cm³/mol. The molecule has 0 aromatic heterocycles. The van der Waals surface area contributed by atoms with Gasteiger partial charge in [-0.25, -0.2) is 4.79 Å². The normalized spacial score (nSPS) is 15.9. The van der Waals surface area contributed by atoms with Crippen molar-refractivity contribution in [3.8, 4) is 5.75 Å². The Labute approximate surface area is 197 Å². The van der Waals surface area contributed by atoms with Gasteiger partial charge in [-0.1, -0.05) is 49.9 Å². The maximum absolute atomic E-state index is 12.8. The van der Waals surface area contributed by atoms with Crippen LogP contribution in [0.5, 0.6) is 5.75 Å². The first-order chi connectivity index (χ1) is 16.2. The largest absolute Gasteiger partial charge is 0.479 e. The number of benzene rings is 2. The summed E-state index contributed by atoms with van der Waals surface area (Å²) in [5, 5.41) is 13.6. The lowest BCUT2D eigenvalue weighted by Gasteiger charge is -2.17. The second-order valence-corrected chi connectivity index (χ2v) is 8.69. The number of hydrogen-bond acceptors (Lipinski definition) is 4. The van der Waals surface area contributed by atoms with Crippen LogP contribution in [0, 0.1) is 12.8 Å². The van der Waals surface area contributed by atoms with Crippen LogP contribution in [0.1, 0.15) is 67.7 Å². The summed E-state index contributed by atoms with van der Waals surface area (Å²) in [6, 6.07) is 10.3. The van der Waals surface area contributed by atoms with Crippen LogP contribution in [0.3, 0.4) is 0 Å². The van der Waals surface area contributed by atoms with Crippen molar-refractivity contribution in [3.05, 3.63) is 64.7 Å². The fourth-order valence-electron chi connectivity index (χ4n) is 4.09. The Balaban J connectivity index is 1.75. The Morgan fingerprint density at radius 2 is 1.82 bits per heavy atom. The molecule has 1 aliphatic carbocycles. The van der Waals surface area contributed by atoms with E-state index in [2.05, 4.69) is 5.16 Å². The minimum Gasteiger partial charge on any atom is -0.479 e. The molecule has 1 aliphatic rings. The van der Waals surface area contributed by atoms with Gasteiger partial charge < -0.3 is 14.7 Å². The lowest BCUT2D eigenvalue weighted by molar-refractivity contribution is -0.145. The molecule has 1 fully saturated rings. The molecule has 0 saturated heterocycles. The van der Waals surface area contributed by atoms with E-state index in [-0.39, 0.29) is 6.61 Å². The van der Waals surface area contributed by atoms with Crippen molar-refractivity contribution in [2.45, 2.75) is 71.3 Å². The molecule has 184 valence electrons. The van der Waals surface area contributed by atoms with Gasteiger partial charge in [-0.15, -0.1) is 0 Å². The molecule has 5 nitrogen and oxygen atoms in total. The van der Waals surface area contributed by atoms with E-state index in [1.165, 1.54) is 25.0 Å². The molecule has 0 bridgehead atoms. The van der Waals surface area contributed by atoms with Crippen LogP contribution in [0.15, 0.2) is 47.6 Å². The molecule has 3 rings (SSSR count). The van der Waals surface area contributed by atoms with E-state index >= 15 is 0 Å². The maximum atomic E-state index is 12.8. The van der Waals surface area contributed by atoms with Gasteiger partial charge in [-0.2, -0.15) is 13.2 Å². The summed E-state index contributed by atoms with van der Waals surface area (Å²) < 4.78 is 43.9. The van der Waals surface area contributed by atoms with Crippen molar-refractivity contribution in [2.75, 3.05) is 0 Å². The molecule has 1 saturated carbocycles. The summed E-state index contributed by atoms with van der Waals surface area (Å²) in [7, 11) is 0. The predicted octanol–water partition coefficient (Wildman–Crippen LogP) is 6.76. The van der Waals surface area contributed by atoms with Crippen LogP contribution < -0.4 is 4.74 Å². The van der Waals surface area contributed by atoms with Crippen LogP contribution in [-0.2, 0) is 22.4 Å². The van der Waals surface area contributed by atoms with Gasteiger partial charge >= 0.3 is 12.1 Å². The van der Waals surface area contributed by atoms with E-state index in [1.54, 1.807) is 13.0 Å². The van der Waals surface area contributed by atoms with E-state index < -0.39 is 23.8 Å². The number of rotatable bonds is 10. The summed E-state index contributed by atoms with van der Waals surface area (Å²) >= 11 is 0. The second kappa shape index (κ2) is 11.4. The Kier molecular flexibility index (Phi) is 8.58. The summed E-state index contributed by atoms with van der Waals surface area (Å²) in [4.78, 5) is 16.9. The van der Waals surface area contributed by atoms with Crippen molar-refractivity contribution < 1.29 is 32.6 Å². The number of nitrogens with zero attached hydrogens (tertiary/aromatic N) is 1. The average molecular weight is 478 g/mol. The Morgan fingerprint density at radius 3 is 2.38 bits per heavy atom. The van der Waals surface area contributed by atoms with Gasteiger partial charge in [0.2, 0.25) is 0 Å². The Hall–Kier alpha value is -3.03. The first kappa shape index (κ1) is 25.6. The molecule has 8 heteroatoms. The van der Waals surface area contributed by atoms with Crippen LogP contribution in [0.4, 0.5) is 13.2 Å². The van der Waals surface area contributed by atoms with Crippen molar-refractivity contribution in [2.24, 2.45) is 11.1 Å². The highest BCUT2D eigenvalue weighted by Crippen LogP contribution is 2.31. The standard InChI is InChI=1S/C26H30F3NO4/c1-3-23(25(31)32)34-24-13-10-20(14-17(24)2)22(15-18-6-4-5-7-18)30-33-16-19-8-11-21(12-9-19)26(27,28)29/h8-14,18,23H,3-7,15-16H2,1-2H3,(H,31,32). The number of carboxylic acids is 1. The number of oxime groups is 1. The fourth-order valence-corrected chi connectivity index (χ4v) is 4.09. The fraction of sp³-hybridized carbons (Fsp3) is 0.462. The molecule has 0 radical (unpaired) electrons. The molecule has 2 aromatic rings. The van der Waals surface area contributed by atoms with Crippen molar-refractivity contribution in [3.63, 3.8) is 0 Å². The molecule has 1 atom stereocenters. The van der Waals surface area contributed by atoms with Gasteiger partial charge in [0.25, 0.3) is 0 Å². The molecule has 2 aromatic carbocycles. The molecule has 0 heterocycles. The minimum absolute atomic E-state index is 0.0588. The van der Waals surface area contributed by atoms with Crippen LogP contribution in [0.2, 0.25) is 0 Å². The van der Waals surface area contributed by atoms with E-state index in [9.17, 15) is 23.1 Å². The van der Waals surface area contributed by atoms with Crippen molar-refractivity contribution >= 4 is 11.7 Å². The summed E-state index contributed by atoms with van der Waals surface area (Å²) in [5.41, 5.74) is 2.30. The van der Waals surface area contributed by atoms with E-state index in [0.29, 0.717) is 23.7 Å². The SMILES string of the molecule is CCC(Oc1ccc(C(CC2CCCC2)=NOCc2ccc(C(F)(F)F)cc2)cc1C)C(=O)O. The number of hydrogen-bond donors (Lipinski definition) is 1. The van der Waals surface area contributed by atoms with Crippen LogP contribution >= 0.6 is 0 Å². The van der Waals surface area contributed by atoms with E-state index in [4.69, 9.17) is 9.57 Å². The third kappa shape index (κ3) is 6.98. The quantitative estimate of drug-likeness (QED) is 0.303. The molecular formula is C26H30F3NO4. The second-order valence-electron chi connectivity index (χ2n) is 8.69. The minimum atomic E-state index is -4.37. The van der Waals surface area contributed by atoms with Gasteiger partial charge in [0.05, 0.1) is 11.3 Å². The van der Waals surface area contributed by atoms with Gasteiger partial charge in [0.15, 0.2) is 6.10 Å². The molecule has 0 spiro atoms. The zero-order valence-corrected chi connectivity index (χ0v) is 19.4. The highest BCUT2D eigenvalue weighted by Gasteiger charge is 2.30. The number of aryl methyl sites for hydroxylation is 1. The van der Waals surface area contributed by atoms with Crippen molar-refractivity contribution in [1.82, 2.24) is 0 Å². The highest BCUT2D eigenvalue weighted by molar-refractivity contribution is 6.00. The number of alkyl halides is 3. The molecule has 1 N–H and O–H groups in total. The molecule has 0 aliphatic heterocycles. The van der Waals surface area contributed by atoms with Crippen LogP contribution in [0.25, 0.3) is 0 Å². The number of aliphatic carboxylic acids is 1. The highest BCUT2D eigenvalue weighted by atomic mass is 19.4. The maximum Gasteiger partial charge on any atom is 0.416 e. The van der Waals surface area contributed by atoms with Gasteiger partial charge in [-0.3, -0.25) is 0 Å². The van der Waals surface area contributed by atoms with E-state index in [1.807, 2.05) is 19.1 Å². The van der Waals surface area contributed by atoms with Crippen LogP contribution in [-0.4, -0.2) is 22.9 Å². The molecule has 0 amide bonds. The average Bonchev–Trinajstić information content (AvgIpc) is 3.30. The van der Waals surface area contributed by atoms with Gasteiger partial charge in [0.1, 0.15) is 12.4 Å². The zero-order valence-electron chi connectivity index (χ0n) is 19.4. The first-order valence-electron chi connectivity index (χ1n) is 11.5. The van der Waals surface area contributed by atoms with Crippen molar-refractivity contribution in [1.29, 1.82) is 0 Å². The molecule has 34 heavy (non-hydrogen) atoms. The Bertz CT molecular complexity index is 996. The van der Waals surface area contributed by atoms with Gasteiger partial charge in [0, 0.05) is 0 Å². The number of ether oxygens (including phenoxy) is 1. The number of halogens is 3. The summed E-state index contributed by atoms with van der Waals surface area (Å²) in [6.07, 6.45) is 0.406. The van der Waals surface area contributed by atoms with Gasteiger partial charge in [-0.05, 0) is 72.7 Å². The third-order valence-electron chi connectivity index (χ3n) is 6.07. The first-order valence-corrected chi connectivity index (χ1v) is 11.5. The monoisotopic (exact) mass is 477 g/mol. The topological polar surface area (TPSA) is 68.1 Å².